The van der Waals surface area contributed by atoms with Gasteiger partial charge < -0.3 is 5.32 Å². The first-order chi connectivity index (χ1) is 9.58. The number of carbonyl (C=O) groups is 2. The Balaban J connectivity index is 2.88. The minimum atomic E-state index is -0.617. The second-order valence-electron chi connectivity index (χ2n) is 3.92. The Bertz CT molecular complexity index is 504. The minimum absolute atomic E-state index is 0.122. The number of anilines is 1. The maximum atomic E-state index is 11.4. The van der Waals surface area contributed by atoms with E-state index >= 15 is 0 Å². The van der Waals surface area contributed by atoms with E-state index in [0.29, 0.717) is 5.69 Å². The molecule has 0 saturated heterocycles. The molecule has 0 spiro atoms. The molecule has 108 valence electrons. The number of amides is 3. The Labute approximate surface area is 116 Å². The molecule has 0 fully saturated rings. The first-order valence-corrected chi connectivity index (χ1v) is 6.01. The van der Waals surface area contributed by atoms with Crippen LogP contribution in [0.5, 0.6) is 0 Å². The predicted molar refractivity (Wildman–Crippen MR) is 71.7 cm³/mol. The van der Waals surface area contributed by atoms with Gasteiger partial charge in [-0.3, -0.25) is 9.63 Å². The lowest BCUT2D eigenvalue weighted by atomic mass is 10.0. The summed E-state index contributed by atoms with van der Waals surface area (Å²) in [6.07, 6.45) is 0.749. The zero-order valence-corrected chi connectivity index (χ0v) is 11.3. The third-order valence-corrected chi connectivity index (χ3v) is 2.49. The van der Waals surface area contributed by atoms with Gasteiger partial charge in [-0.05, 0) is 18.1 Å². The van der Waals surface area contributed by atoms with Gasteiger partial charge in [0, 0.05) is 18.2 Å². The molecule has 0 atom stereocenters. The highest BCUT2D eigenvalue weighted by atomic mass is 16.6. The van der Waals surface area contributed by atoms with Gasteiger partial charge >= 0.3 is 6.03 Å². The number of carbonyl (C=O) groups excluding carboxylic acids is 2. The van der Waals surface area contributed by atoms with Crippen molar-refractivity contribution in [2.24, 2.45) is 5.22 Å². The average Bonchev–Trinajstić information content (AvgIpc) is 2.40. The highest BCUT2D eigenvalue weighted by Crippen LogP contribution is 2.21. The summed E-state index contributed by atoms with van der Waals surface area (Å²) < 4.78 is 0. The number of rotatable bonds is 6. The maximum absolute atomic E-state index is 11.4. The van der Waals surface area contributed by atoms with E-state index in [9.17, 15) is 9.59 Å². The van der Waals surface area contributed by atoms with Crippen LogP contribution in [-0.2, 0) is 22.7 Å². The van der Waals surface area contributed by atoms with Crippen LogP contribution in [0.3, 0.4) is 0 Å². The van der Waals surface area contributed by atoms with Crippen molar-refractivity contribution in [1.82, 2.24) is 10.9 Å². The number of hydrogen-bond donors (Lipinski definition) is 4. The number of aryl methyl sites for hydroxylation is 1. The van der Waals surface area contributed by atoms with E-state index in [0.717, 1.165) is 17.5 Å². The van der Waals surface area contributed by atoms with E-state index in [1.54, 1.807) is 12.1 Å². The molecule has 0 aliphatic carbocycles. The summed E-state index contributed by atoms with van der Waals surface area (Å²) >= 11 is 0. The normalized spacial score (nSPS) is 9.70. The van der Waals surface area contributed by atoms with E-state index < -0.39 is 6.03 Å². The van der Waals surface area contributed by atoms with Crippen LogP contribution in [0.15, 0.2) is 23.4 Å². The van der Waals surface area contributed by atoms with Crippen LogP contribution in [0.4, 0.5) is 10.5 Å². The van der Waals surface area contributed by atoms with Gasteiger partial charge in [-0.25, -0.2) is 15.7 Å². The van der Waals surface area contributed by atoms with Crippen LogP contribution in [0.2, 0.25) is 0 Å². The number of nitrogens with zero attached hydrogens (tertiary/aromatic N) is 1. The van der Waals surface area contributed by atoms with Crippen molar-refractivity contribution >= 4 is 17.6 Å². The van der Waals surface area contributed by atoms with E-state index in [4.69, 9.17) is 10.4 Å². The fourth-order valence-corrected chi connectivity index (χ4v) is 1.66. The molecule has 0 heterocycles. The van der Waals surface area contributed by atoms with E-state index in [1.807, 2.05) is 18.4 Å². The Kier molecular flexibility index (Phi) is 6.11. The molecule has 1 rings (SSSR count). The molecule has 20 heavy (non-hydrogen) atoms. The zero-order chi connectivity index (χ0) is 15.0. The van der Waals surface area contributed by atoms with Gasteiger partial charge in [-0.15, -0.1) is 0 Å². The zero-order valence-electron chi connectivity index (χ0n) is 11.3. The Morgan fingerprint density at radius 1 is 1.40 bits per heavy atom. The molecule has 0 aromatic heterocycles. The molecule has 8 nitrogen and oxygen atoms in total. The summed E-state index contributed by atoms with van der Waals surface area (Å²) in [6, 6.07) is 4.79. The number of hydroxylamine groups is 1. The number of nitrogens with one attached hydrogen (secondary N) is 4. The lowest BCUT2D eigenvalue weighted by molar-refractivity contribution is -0.132. The number of benzene rings is 1. The lowest BCUT2D eigenvalue weighted by Gasteiger charge is -2.14. The molecular weight excluding hydrogens is 262 g/mol. The second kappa shape index (κ2) is 7.85. The second-order valence-corrected chi connectivity index (χ2v) is 3.92. The monoisotopic (exact) mass is 279 g/mol. The van der Waals surface area contributed by atoms with Gasteiger partial charge in [0.2, 0.25) is 5.91 Å². The van der Waals surface area contributed by atoms with Gasteiger partial charge in [0.1, 0.15) is 6.61 Å². The van der Waals surface area contributed by atoms with Crippen LogP contribution in [0.1, 0.15) is 25.0 Å². The van der Waals surface area contributed by atoms with E-state index in [-0.39, 0.29) is 12.5 Å². The Morgan fingerprint density at radius 3 is 2.75 bits per heavy atom. The van der Waals surface area contributed by atoms with Crippen molar-refractivity contribution in [3.05, 3.63) is 29.3 Å². The highest BCUT2D eigenvalue weighted by Gasteiger charge is 2.10. The fraction of sp³-hybridized carbons (Fsp3) is 0.333. The Hall–Kier alpha value is -2.48. The predicted octanol–water partition coefficient (Wildman–Crippen LogP) is 1.88. The van der Waals surface area contributed by atoms with Crippen molar-refractivity contribution in [1.29, 1.82) is 5.53 Å². The molecule has 4 N–H and O–H groups in total. The number of hydrogen-bond acceptors (Lipinski definition) is 5. The standard InChI is InChI=1S/C12H17N5O3/c1-3-9-5-4-6-11(14-12(19)15-17-13)10(9)7-20-16-8(2)18/h4-6H,3,7H2,1-2H3,(H,16,18)(H3,13,14,15,19). The largest absolute Gasteiger partial charge is 0.340 e. The van der Waals surface area contributed by atoms with Crippen LogP contribution in [-0.4, -0.2) is 11.9 Å². The molecule has 0 radical (unpaired) electrons. The number of urea groups is 1. The lowest BCUT2D eigenvalue weighted by Crippen LogP contribution is -2.25. The maximum Gasteiger partial charge on any atom is 0.340 e. The Morgan fingerprint density at radius 2 is 2.15 bits per heavy atom. The van der Waals surface area contributed by atoms with Gasteiger partial charge in [-0.2, -0.15) is 5.53 Å². The quantitative estimate of drug-likeness (QED) is 0.470. The molecule has 3 amide bonds. The van der Waals surface area contributed by atoms with E-state index in [1.165, 1.54) is 6.92 Å². The molecule has 0 unspecified atom stereocenters. The summed E-state index contributed by atoms with van der Waals surface area (Å²) in [4.78, 5) is 27.3. The molecule has 0 aliphatic rings. The molecule has 1 aromatic rings. The van der Waals surface area contributed by atoms with Crippen molar-refractivity contribution in [3.8, 4) is 0 Å². The van der Waals surface area contributed by atoms with Crippen LogP contribution < -0.4 is 16.2 Å². The SMILES string of the molecule is CCc1cccc(NC(=O)NN=N)c1CONC(C)=O. The van der Waals surface area contributed by atoms with Gasteiger partial charge in [-0.1, -0.05) is 24.3 Å². The third kappa shape index (κ3) is 4.65. The molecular formula is C12H17N5O3. The summed E-state index contributed by atoms with van der Waals surface area (Å²) in [5.41, 5.74) is 13.0. The molecule has 0 saturated carbocycles. The molecule has 0 bridgehead atoms. The first-order valence-electron chi connectivity index (χ1n) is 6.01. The van der Waals surface area contributed by atoms with Crippen LogP contribution in [0, 0.1) is 5.53 Å². The molecule has 8 heteroatoms. The van der Waals surface area contributed by atoms with Crippen molar-refractivity contribution in [2.45, 2.75) is 26.9 Å². The summed E-state index contributed by atoms with van der Waals surface area (Å²) in [5, 5.41) is 5.36. The molecule has 1 aromatic carbocycles. The van der Waals surface area contributed by atoms with Crippen molar-refractivity contribution < 1.29 is 14.4 Å². The van der Waals surface area contributed by atoms with Gasteiger partial charge in [0.05, 0.1) is 0 Å². The summed E-state index contributed by atoms with van der Waals surface area (Å²) in [5.74, 6) is -0.306. The summed E-state index contributed by atoms with van der Waals surface area (Å²) in [6.45, 7) is 3.44. The first kappa shape index (κ1) is 15.6. The van der Waals surface area contributed by atoms with E-state index in [2.05, 4.69) is 16.0 Å². The minimum Gasteiger partial charge on any atom is -0.306 e. The molecule has 0 aliphatic heterocycles. The smallest absolute Gasteiger partial charge is 0.306 e. The van der Waals surface area contributed by atoms with Crippen molar-refractivity contribution in [3.63, 3.8) is 0 Å². The topological polar surface area (TPSA) is 116 Å². The fourth-order valence-electron chi connectivity index (χ4n) is 1.66. The summed E-state index contributed by atoms with van der Waals surface area (Å²) in [7, 11) is 0. The van der Waals surface area contributed by atoms with Crippen molar-refractivity contribution in [2.75, 3.05) is 5.32 Å². The highest BCUT2D eigenvalue weighted by molar-refractivity contribution is 5.90. The average molecular weight is 279 g/mol. The third-order valence-electron chi connectivity index (χ3n) is 2.49. The van der Waals surface area contributed by atoms with Gasteiger partial charge in [0.25, 0.3) is 0 Å². The van der Waals surface area contributed by atoms with Crippen LogP contribution >= 0.6 is 0 Å². The van der Waals surface area contributed by atoms with Crippen LogP contribution in [0.25, 0.3) is 0 Å². The van der Waals surface area contributed by atoms with Gasteiger partial charge in [0.15, 0.2) is 0 Å².